The van der Waals surface area contributed by atoms with Gasteiger partial charge in [0.15, 0.2) is 0 Å². The van der Waals surface area contributed by atoms with Gasteiger partial charge in [-0.2, -0.15) is 13.2 Å². The van der Waals surface area contributed by atoms with Crippen LogP contribution in [-0.4, -0.2) is 263 Å². The average molecular weight is 1470 g/mol. The molecule has 5 aliphatic carbocycles. The molecule has 0 aromatic rings. The summed E-state index contributed by atoms with van der Waals surface area (Å²) in [5, 5.41) is 7.74. The third-order valence-electron chi connectivity index (χ3n) is 24.8. The lowest BCUT2D eigenvalue weighted by Gasteiger charge is -2.43. The number of nitrogens with zero attached hydrogens (tertiary/aromatic N) is 9. The molecule has 0 radical (unpaired) electrons. The Hall–Kier alpha value is -6.28. The van der Waals surface area contributed by atoms with E-state index in [0.29, 0.717) is 64.5 Å². The molecule has 0 bridgehead atoms. The third-order valence-corrected chi connectivity index (χ3v) is 25.3. The Morgan fingerprint density at radius 1 is 0.544 bits per heavy atom. The number of fused-ring (bicyclic) bond motifs is 1. The van der Waals surface area contributed by atoms with Crippen LogP contribution in [0.2, 0.25) is 0 Å². The zero-order valence-electron chi connectivity index (χ0n) is 62.9. The van der Waals surface area contributed by atoms with Crippen LogP contribution in [0.4, 0.5) is 13.2 Å². The maximum absolute atomic E-state index is 15.9. The SMILES string of the molecule is CC[C@H](C)[C@@H]1NC(=O)[C@H](CC2CCCC2)N(C)C(=O)C[C@@H](C(=O)N2CCCCC2)N(C)C(=O)[C@H](C2CCCCC2)N(C)C(=O)C2(CCCC2)NC(=O)[C@@H]2CCCN2C(=O)[C@H](CCC2CCC(C(F)(F)F)C(Cl)C2)NC(=O)CN(C)C(=O)[C@H](CC2CCCCC2)N(C)C(=O)CN(C)C(=O)CN(C)C1=O. The summed E-state index contributed by atoms with van der Waals surface area (Å²) in [4.78, 5) is 193. The quantitative estimate of drug-likeness (QED) is 0.176. The predicted molar refractivity (Wildman–Crippen MR) is 382 cm³/mol. The van der Waals surface area contributed by atoms with Gasteiger partial charge in [-0.25, -0.2) is 0 Å². The van der Waals surface area contributed by atoms with E-state index in [1.165, 1.54) is 76.6 Å². The fourth-order valence-corrected chi connectivity index (χ4v) is 18.5. The molecule has 28 heteroatoms. The molecule has 103 heavy (non-hydrogen) atoms. The summed E-state index contributed by atoms with van der Waals surface area (Å²) in [5.74, 6) is -10.1. The Balaban J connectivity index is 1.16. The second kappa shape index (κ2) is 37.3. The Morgan fingerprint density at radius 2 is 1.11 bits per heavy atom. The monoisotopic (exact) mass is 1470 g/mol. The summed E-state index contributed by atoms with van der Waals surface area (Å²) in [5.41, 5.74) is -1.55. The van der Waals surface area contributed by atoms with Gasteiger partial charge in [-0.15, -0.1) is 11.6 Å². The normalized spacial score (nSPS) is 30.5. The summed E-state index contributed by atoms with van der Waals surface area (Å²) in [7, 11) is 10.2. The van der Waals surface area contributed by atoms with Crippen molar-refractivity contribution in [3.05, 3.63) is 0 Å². The van der Waals surface area contributed by atoms with E-state index in [4.69, 9.17) is 11.6 Å². The van der Waals surface area contributed by atoms with E-state index in [1.807, 2.05) is 6.92 Å². The van der Waals surface area contributed by atoms with Crippen LogP contribution in [0.3, 0.4) is 0 Å². The van der Waals surface area contributed by atoms with Crippen molar-refractivity contribution in [3.8, 4) is 0 Å². The Bertz CT molecular complexity index is 2990. The first-order valence-electron chi connectivity index (χ1n) is 38.9. The minimum atomic E-state index is -4.51. The molecule has 11 atom stereocenters. The van der Waals surface area contributed by atoms with Crippen LogP contribution in [0, 0.1) is 35.5 Å². The fourth-order valence-electron chi connectivity index (χ4n) is 17.9. The number of likely N-dealkylation sites (tertiary alicyclic amines) is 1. The van der Waals surface area contributed by atoms with Gasteiger partial charge in [0, 0.05) is 74.3 Å². The highest BCUT2D eigenvalue weighted by atomic mass is 35.5. The second-order valence-electron chi connectivity index (χ2n) is 32.0. The highest BCUT2D eigenvalue weighted by Crippen LogP contribution is 2.44. The number of likely N-dealkylation sites (N-methyl/N-ethyl adjacent to an activating group) is 7. The first-order chi connectivity index (χ1) is 48.8. The predicted octanol–water partition coefficient (Wildman–Crippen LogP) is 7.02. The van der Waals surface area contributed by atoms with Crippen LogP contribution >= 0.6 is 11.6 Å². The van der Waals surface area contributed by atoms with Crippen molar-refractivity contribution >= 4 is 82.5 Å². The summed E-state index contributed by atoms with van der Waals surface area (Å²) in [6.07, 6.45) is 11.7. The number of carbonyl (C=O) groups excluding carboxylic acids is 12. The molecule has 8 rings (SSSR count). The number of hydrogen-bond donors (Lipinski definition) is 3. The van der Waals surface area contributed by atoms with Crippen molar-refractivity contribution in [1.29, 1.82) is 0 Å². The van der Waals surface area contributed by atoms with E-state index in [0.717, 1.165) is 88.4 Å². The number of carbonyl (C=O) groups is 12. The lowest BCUT2D eigenvalue weighted by atomic mass is 9.78. The number of rotatable bonds is 11. The Kier molecular flexibility index (Phi) is 29.8. The molecule has 12 amide bonds. The Labute approximate surface area is 613 Å². The number of amides is 12. The van der Waals surface area contributed by atoms with Crippen molar-refractivity contribution in [2.75, 3.05) is 88.6 Å². The van der Waals surface area contributed by atoms with Gasteiger partial charge >= 0.3 is 6.18 Å². The van der Waals surface area contributed by atoms with Crippen molar-refractivity contribution in [3.63, 3.8) is 0 Å². The molecule has 580 valence electrons. The van der Waals surface area contributed by atoms with Crippen molar-refractivity contribution in [2.45, 2.75) is 279 Å². The second-order valence-corrected chi connectivity index (χ2v) is 32.6. The van der Waals surface area contributed by atoms with E-state index >= 15 is 33.6 Å². The zero-order valence-corrected chi connectivity index (χ0v) is 63.6. The molecule has 24 nitrogen and oxygen atoms in total. The first kappa shape index (κ1) is 82.4. The van der Waals surface area contributed by atoms with E-state index in [2.05, 4.69) is 16.0 Å². The molecule has 3 aliphatic heterocycles. The first-order valence-corrected chi connectivity index (χ1v) is 39.3. The van der Waals surface area contributed by atoms with Crippen molar-refractivity contribution in [1.82, 2.24) is 60.0 Å². The molecule has 0 aromatic carbocycles. The Morgan fingerprint density at radius 3 is 1.71 bits per heavy atom. The maximum atomic E-state index is 15.9. The highest BCUT2D eigenvalue weighted by Gasteiger charge is 2.52. The van der Waals surface area contributed by atoms with Gasteiger partial charge in [0.1, 0.15) is 47.8 Å². The molecule has 8 aliphatic rings. The largest absolute Gasteiger partial charge is 0.393 e. The minimum Gasteiger partial charge on any atom is -0.343 e. The number of alkyl halides is 4. The van der Waals surface area contributed by atoms with Crippen LogP contribution in [0.25, 0.3) is 0 Å². The van der Waals surface area contributed by atoms with Crippen molar-refractivity contribution < 1.29 is 70.7 Å². The third kappa shape index (κ3) is 20.9. The highest BCUT2D eigenvalue weighted by molar-refractivity contribution is 6.21. The number of halogens is 4. The summed E-state index contributed by atoms with van der Waals surface area (Å²) in [6, 6.07) is -8.42. The van der Waals surface area contributed by atoms with E-state index in [9.17, 15) is 37.1 Å². The van der Waals surface area contributed by atoms with Gasteiger partial charge in [-0.05, 0) is 132 Å². The lowest BCUT2D eigenvalue weighted by Crippen LogP contribution is -2.65. The van der Waals surface area contributed by atoms with Gasteiger partial charge in [-0.1, -0.05) is 110 Å². The van der Waals surface area contributed by atoms with E-state index < -0.39 is 168 Å². The number of piperidine rings is 1. The van der Waals surface area contributed by atoms with Crippen LogP contribution in [0.5, 0.6) is 0 Å². The molecular weight excluding hydrogens is 1350 g/mol. The van der Waals surface area contributed by atoms with Gasteiger partial charge in [-0.3, -0.25) is 57.5 Å². The standard InChI is InChI=1S/C75H120ClF3N12O12/c1-10-48(2)64-71(101)85(5)46-62(94)83(3)47-63(95)87(7)58(43-50-25-14-11-15-26-50)69(99)84(4)45-60(92)80-55(35-33-51-32-34-53(54(76)41-51)75(77,78)79)68(98)91-40-24-31-56(91)67(97)82-74(36-20-21-37-74)73(103)89(9)65(52-29-16-12-17-30-52)72(102)88(8)59(70(100)90-38-22-13-23-39-90)44-61(93)86(6)57(66(96)81-64)42-49-27-18-19-28-49/h48-59,64-65H,10-47H2,1-9H3,(H,80,92)(H,81,96)(H,82,97)/t48-,51?,53?,54?,55-,56-,57-,58-,59-,64-,65-/m0/s1. The van der Waals surface area contributed by atoms with Gasteiger partial charge in [0.25, 0.3) is 0 Å². The smallest absolute Gasteiger partial charge is 0.343 e. The van der Waals surface area contributed by atoms with E-state index in [1.54, 1.807) is 18.9 Å². The minimum absolute atomic E-state index is 0.00485. The van der Waals surface area contributed by atoms with E-state index in [-0.39, 0.29) is 94.4 Å². The summed E-state index contributed by atoms with van der Waals surface area (Å²) < 4.78 is 42.1. The van der Waals surface area contributed by atoms with Crippen LogP contribution in [0.15, 0.2) is 0 Å². The topological polar surface area (TPSA) is 270 Å². The average Bonchev–Trinajstić information content (AvgIpc) is 1.75. The summed E-state index contributed by atoms with van der Waals surface area (Å²) in [6.45, 7) is 2.92. The van der Waals surface area contributed by atoms with Crippen LogP contribution < -0.4 is 16.0 Å². The van der Waals surface area contributed by atoms with Gasteiger partial charge in [0.2, 0.25) is 70.9 Å². The molecule has 1 spiro atoms. The zero-order chi connectivity index (χ0) is 75.2. The van der Waals surface area contributed by atoms with Gasteiger partial charge < -0.3 is 60.0 Å². The molecule has 3 saturated heterocycles. The molecular formula is C75H120ClF3N12O12. The molecule has 8 fully saturated rings. The van der Waals surface area contributed by atoms with Crippen LogP contribution in [0.1, 0.15) is 219 Å². The number of nitrogens with one attached hydrogen (secondary N) is 3. The van der Waals surface area contributed by atoms with Crippen LogP contribution in [-0.2, 0) is 57.5 Å². The lowest BCUT2D eigenvalue weighted by molar-refractivity contribution is -0.182. The molecule has 3 N–H and O–H groups in total. The molecule has 3 unspecified atom stereocenters. The molecule has 0 aromatic heterocycles. The van der Waals surface area contributed by atoms with Gasteiger partial charge in [0.05, 0.1) is 32.0 Å². The molecule has 5 saturated carbocycles. The number of hydrogen-bond acceptors (Lipinski definition) is 12. The van der Waals surface area contributed by atoms with Crippen molar-refractivity contribution in [2.24, 2.45) is 35.5 Å². The molecule has 3 heterocycles. The summed E-state index contributed by atoms with van der Waals surface area (Å²) >= 11 is 6.42. The fraction of sp³-hybridized carbons (Fsp3) is 0.840. The maximum Gasteiger partial charge on any atom is 0.393 e.